The molecule has 24 heavy (non-hydrogen) atoms. The third kappa shape index (κ3) is 3.42. The topological polar surface area (TPSA) is 71.1 Å². The molecule has 1 aliphatic heterocycles. The molecular weight excluding hydrogens is 323 g/mol. The minimum Gasteiger partial charge on any atom is -0.348 e. The molecule has 0 bridgehead atoms. The van der Waals surface area contributed by atoms with Crippen molar-refractivity contribution < 1.29 is 22.8 Å². The second-order valence-corrected chi connectivity index (χ2v) is 6.10. The second-order valence-electron chi connectivity index (χ2n) is 6.10. The van der Waals surface area contributed by atoms with Crippen LogP contribution in [0.5, 0.6) is 0 Å². The van der Waals surface area contributed by atoms with Crippen molar-refractivity contribution in [2.24, 2.45) is 5.92 Å². The van der Waals surface area contributed by atoms with Gasteiger partial charge in [0.05, 0.1) is 5.92 Å². The molecule has 1 fully saturated rings. The molecule has 8 heteroatoms. The van der Waals surface area contributed by atoms with Gasteiger partial charge in [-0.3, -0.25) is 14.6 Å². The van der Waals surface area contributed by atoms with Crippen molar-refractivity contribution >= 4 is 11.8 Å². The van der Waals surface area contributed by atoms with Crippen LogP contribution in [0.4, 0.5) is 13.2 Å². The summed E-state index contributed by atoms with van der Waals surface area (Å²) < 4.78 is 37.6. The summed E-state index contributed by atoms with van der Waals surface area (Å²) in [6.45, 7) is 1.68. The van der Waals surface area contributed by atoms with Gasteiger partial charge in [-0.25, -0.2) is 0 Å². The van der Waals surface area contributed by atoms with Crippen LogP contribution in [0.25, 0.3) is 0 Å². The van der Waals surface area contributed by atoms with Gasteiger partial charge in [0.1, 0.15) is 11.4 Å². The summed E-state index contributed by atoms with van der Waals surface area (Å²) in [6.07, 6.45) is -1.30. The summed E-state index contributed by atoms with van der Waals surface area (Å²) in [7, 11) is 0. The first-order valence-corrected chi connectivity index (χ1v) is 7.60. The Morgan fingerprint density at radius 3 is 2.62 bits per heavy atom. The Morgan fingerprint density at radius 1 is 1.38 bits per heavy atom. The van der Waals surface area contributed by atoms with E-state index < -0.39 is 17.8 Å². The zero-order chi connectivity index (χ0) is 17.5. The van der Waals surface area contributed by atoms with Crippen LogP contribution in [0.1, 0.15) is 31.0 Å². The Bertz CT molecular complexity index is 706. The minimum absolute atomic E-state index is 0.174. The highest BCUT2D eigenvalue weighted by molar-refractivity contribution is 6.03. The van der Waals surface area contributed by atoms with Gasteiger partial charge in [-0.15, -0.1) is 0 Å². The van der Waals surface area contributed by atoms with Crippen LogP contribution >= 0.6 is 0 Å². The molecular formula is C16H16F3N3O2. The van der Waals surface area contributed by atoms with Crippen LogP contribution < -0.4 is 10.6 Å². The highest BCUT2D eigenvalue weighted by atomic mass is 19.4. The summed E-state index contributed by atoms with van der Waals surface area (Å²) in [5.41, 5.74) is 0.375. The first kappa shape index (κ1) is 16.5. The van der Waals surface area contributed by atoms with Crippen LogP contribution in [0.3, 0.4) is 0 Å². The largest absolute Gasteiger partial charge is 0.433 e. The molecule has 0 spiro atoms. The lowest BCUT2D eigenvalue weighted by molar-refractivity contribution is -0.141. The molecule has 1 aromatic heterocycles. The number of aromatic nitrogens is 1. The van der Waals surface area contributed by atoms with E-state index in [-0.39, 0.29) is 30.0 Å². The van der Waals surface area contributed by atoms with E-state index in [1.807, 2.05) is 0 Å². The van der Waals surface area contributed by atoms with Crippen molar-refractivity contribution in [2.45, 2.75) is 38.4 Å². The first-order valence-electron chi connectivity index (χ1n) is 7.60. The molecule has 2 aliphatic rings. The fraction of sp³-hybridized carbons (Fsp3) is 0.438. The summed E-state index contributed by atoms with van der Waals surface area (Å²) >= 11 is 0. The zero-order valence-corrected chi connectivity index (χ0v) is 12.9. The minimum atomic E-state index is -4.49. The third-order valence-corrected chi connectivity index (χ3v) is 4.18. The molecule has 1 saturated carbocycles. The van der Waals surface area contributed by atoms with Gasteiger partial charge >= 0.3 is 6.18 Å². The molecule has 3 rings (SSSR count). The Kier molecular flexibility index (Phi) is 4.06. The molecule has 2 amide bonds. The van der Waals surface area contributed by atoms with Crippen molar-refractivity contribution in [2.75, 3.05) is 0 Å². The van der Waals surface area contributed by atoms with E-state index in [9.17, 15) is 22.8 Å². The van der Waals surface area contributed by atoms with Crippen LogP contribution in [-0.2, 0) is 22.2 Å². The Morgan fingerprint density at radius 2 is 2.08 bits per heavy atom. The molecule has 128 valence electrons. The number of carbonyl (C=O) groups is 2. The highest BCUT2D eigenvalue weighted by Crippen LogP contribution is 2.29. The van der Waals surface area contributed by atoms with Gasteiger partial charge in [-0.2, -0.15) is 13.2 Å². The molecule has 1 atom stereocenters. The number of pyridine rings is 1. The van der Waals surface area contributed by atoms with Gasteiger partial charge in [0.25, 0.3) is 5.91 Å². The number of nitrogens with one attached hydrogen (secondary N) is 2. The second kappa shape index (κ2) is 5.92. The van der Waals surface area contributed by atoms with E-state index in [2.05, 4.69) is 15.6 Å². The predicted octanol–water partition coefficient (Wildman–Crippen LogP) is 1.94. The number of rotatable bonds is 4. The van der Waals surface area contributed by atoms with Crippen LogP contribution in [0, 0.1) is 5.92 Å². The fourth-order valence-electron chi connectivity index (χ4n) is 2.60. The number of alkyl halides is 3. The molecule has 0 saturated heterocycles. The van der Waals surface area contributed by atoms with Gasteiger partial charge in [0.2, 0.25) is 5.91 Å². The van der Waals surface area contributed by atoms with E-state index in [1.165, 1.54) is 6.07 Å². The Labute approximate surface area is 136 Å². The van der Waals surface area contributed by atoms with E-state index in [0.29, 0.717) is 11.1 Å². The molecule has 5 nitrogen and oxygen atoms in total. The average molecular weight is 339 g/mol. The van der Waals surface area contributed by atoms with Crippen molar-refractivity contribution in [3.63, 3.8) is 0 Å². The van der Waals surface area contributed by atoms with Gasteiger partial charge in [-0.1, -0.05) is 6.07 Å². The number of carbonyl (C=O) groups excluding carboxylic acids is 2. The van der Waals surface area contributed by atoms with Gasteiger partial charge in [0, 0.05) is 12.2 Å². The Balaban J connectivity index is 1.72. The molecule has 1 aliphatic carbocycles. The summed E-state index contributed by atoms with van der Waals surface area (Å²) in [5.74, 6) is -1.21. The normalized spacial score (nSPS) is 21.0. The van der Waals surface area contributed by atoms with E-state index in [1.54, 1.807) is 6.92 Å². The summed E-state index contributed by atoms with van der Waals surface area (Å²) in [4.78, 5) is 27.6. The van der Waals surface area contributed by atoms with Crippen LogP contribution in [0.2, 0.25) is 0 Å². The van der Waals surface area contributed by atoms with Crippen molar-refractivity contribution in [3.05, 3.63) is 40.9 Å². The summed E-state index contributed by atoms with van der Waals surface area (Å²) in [6, 6.07) is 2.37. The molecule has 2 N–H and O–H groups in total. The maximum atomic E-state index is 12.5. The van der Waals surface area contributed by atoms with Crippen molar-refractivity contribution in [1.29, 1.82) is 0 Å². The molecule has 2 heterocycles. The van der Waals surface area contributed by atoms with Gasteiger partial charge in [-0.05, 0) is 43.4 Å². The number of hydrogen-bond acceptors (Lipinski definition) is 3. The third-order valence-electron chi connectivity index (χ3n) is 4.18. The maximum Gasteiger partial charge on any atom is 0.433 e. The van der Waals surface area contributed by atoms with E-state index >= 15 is 0 Å². The number of hydrogen-bond donors (Lipinski definition) is 2. The maximum absolute atomic E-state index is 12.5. The zero-order valence-electron chi connectivity index (χ0n) is 12.9. The quantitative estimate of drug-likeness (QED) is 0.881. The summed E-state index contributed by atoms with van der Waals surface area (Å²) in [5, 5.41) is 5.38. The fourth-order valence-corrected chi connectivity index (χ4v) is 2.60. The lowest BCUT2D eigenvalue weighted by Gasteiger charge is -2.10. The standard InChI is InChI=1S/C16H16F3N3O2/c1-8-11(6-9-2-5-12(20-7-9)16(17,18)19)14(23)22-13(8)15(24)21-10-3-4-10/h2,5,7,10-11H,3-4,6H2,1H3,(H,21,24)(H,22,23). The van der Waals surface area contributed by atoms with Crippen molar-refractivity contribution in [3.8, 4) is 0 Å². The SMILES string of the molecule is CC1=C(C(=O)NC2CC2)NC(=O)C1Cc1ccc(C(F)(F)F)nc1. The van der Waals surface area contributed by atoms with Gasteiger partial charge < -0.3 is 10.6 Å². The average Bonchev–Trinajstić information content (AvgIpc) is 3.28. The number of amides is 2. The molecule has 1 aromatic rings. The van der Waals surface area contributed by atoms with E-state index in [0.717, 1.165) is 25.1 Å². The first-order chi connectivity index (χ1) is 11.3. The molecule has 0 aromatic carbocycles. The smallest absolute Gasteiger partial charge is 0.348 e. The lowest BCUT2D eigenvalue weighted by Crippen LogP contribution is -2.33. The van der Waals surface area contributed by atoms with Crippen LogP contribution in [0.15, 0.2) is 29.6 Å². The Hall–Kier alpha value is -2.38. The monoisotopic (exact) mass is 339 g/mol. The van der Waals surface area contributed by atoms with E-state index in [4.69, 9.17) is 0 Å². The van der Waals surface area contributed by atoms with Crippen molar-refractivity contribution in [1.82, 2.24) is 15.6 Å². The predicted molar refractivity (Wildman–Crippen MR) is 78.4 cm³/mol. The lowest BCUT2D eigenvalue weighted by atomic mass is 9.94. The number of nitrogens with zero attached hydrogens (tertiary/aromatic N) is 1. The molecule has 1 unspecified atom stereocenters. The molecule has 0 radical (unpaired) electrons. The number of halogens is 3. The highest BCUT2D eigenvalue weighted by Gasteiger charge is 2.36. The van der Waals surface area contributed by atoms with Gasteiger partial charge in [0.15, 0.2) is 0 Å². The van der Waals surface area contributed by atoms with Crippen LogP contribution in [-0.4, -0.2) is 22.8 Å².